The fraction of sp³-hybridized carbons (Fsp3) is 0.143. The summed E-state index contributed by atoms with van der Waals surface area (Å²) in [6, 6.07) is 0. The summed E-state index contributed by atoms with van der Waals surface area (Å²) in [5, 5.41) is 0. The monoisotopic (exact) mass is 260 g/mol. The van der Waals surface area contributed by atoms with Gasteiger partial charge in [-0.05, 0) is 0 Å². The van der Waals surface area contributed by atoms with Crippen molar-refractivity contribution in [1.29, 1.82) is 0 Å². The number of hydrogen-bond donors (Lipinski definition) is 1. The lowest BCUT2D eigenvalue weighted by molar-refractivity contribution is -0.109. The Kier molecular flexibility index (Phi) is 3.16. The van der Waals surface area contributed by atoms with Gasteiger partial charge in [0.1, 0.15) is 0 Å². The minimum absolute atomic E-state index is 0.193. The molecule has 0 unspecified atom stereocenters. The van der Waals surface area contributed by atoms with Crippen molar-refractivity contribution >= 4 is 5.95 Å². The third kappa shape index (κ3) is 2.57. The van der Waals surface area contributed by atoms with Crippen molar-refractivity contribution in [3.05, 3.63) is 38.7 Å². The summed E-state index contributed by atoms with van der Waals surface area (Å²) in [5.41, 5.74) is -3.31. The Labute approximate surface area is 87.8 Å². The lowest BCUT2D eigenvalue weighted by Gasteiger charge is -2.06. The molecule has 1 aromatic heterocycles. The second-order valence-corrected chi connectivity index (χ2v) is 2.71. The van der Waals surface area contributed by atoms with E-state index in [0.29, 0.717) is 0 Å². The molecule has 1 rings (SSSR count). The maximum atomic E-state index is 12.9. The van der Waals surface area contributed by atoms with Gasteiger partial charge in [0.05, 0.1) is 6.20 Å². The van der Waals surface area contributed by atoms with E-state index in [0.717, 1.165) is 4.98 Å². The molecule has 94 valence electrons. The van der Waals surface area contributed by atoms with Crippen LogP contribution in [0.4, 0.5) is 26.3 Å². The van der Waals surface area contributed by atoms with Crippen molar-refractivity contribution < 1.29 is 26.3 Å². The molecule has 1 N–H and O–H groups in total. The minimum Gasteiger partial charge on any atom is -0.271 e. The van der Waals surface area contributed by atoms with Gasteiger partial charge in [-0.3, -0.25) is 9.78 Å². The molecular formula is C7H2F6N2O2. The van der Waals surface area contributed by atoms with E-state index in [2.05, 4.69) is 0 Å². The molecule has 0 saturated heterocycles. The van der Waals surface area contributed by atoms with Crippen molar-refractivity contribution in [1.82, 2.24) is 9.55 Å². The number of hydrogen-bond acceptors (Lipinski definition) is 2. The molecule has 0 fully saturated rings. The van der Waals surface area contributed by atoms with Crippen LogP contribution in [0, 0.1) is 5.82 Å². The number of allylic oxidation sites excluding steroid dienone is 1. The topological polar surface area (TPSA) is 54.9 Å². The zero-order valence-electron chi connectivity index (χ0n) is 7.61. The molecule has 4 nitrogen and oxygen atoms in total. The Balaban J connectivity index is 3.52. The van der Waals surface area contributed by atoms with E-state index in [1.807, 2.05) is 0 Å². The maximum absolute atomic E-state index is 12.9. The largest absolute Gasteiger partial charge is 0.447 e. The van der Waals surface area contributed by atoms with Crippen molar-refractivity contribution in [2.45, 2.75) is 6.18 Å². The number of nitrogens with zero attached hydrogens (tertiary/aromatic N) is 1. The molecule has 0 aliphatic carbocycles. The van der Waals surface area contributed by atoms with Crippen LogP contribution in [0.15, 0.2) is 21.6 Å². The van der Waals surface area contributed by atoms with Crippen LogP contribution in [0.2, 0.25) is 0 Å². The average molecular weight is 260 g/mol. The summed E-state index contributed by atoms with van der Waals surface area (Å²) in [7, 11) is 0. The molecule has 0 aliphatic rings. The summed E-state index contributed by atoms with van der Waals surface area (Å²) in [6.45, 7) is 0. The lowest BCUT2D eigenvalue weighted by Crippen LogP contribution is -2.31. The Morgan fingerprint density at radius 3 is 2.24 bits per heavy atom. The predicted octanol–water partition coefficient (Wildman–Crippen LogP) is 1.30. The minimum atomic E-state index is -5.67. The first-order valence-corrected chi connectivity index (χ1v) is 3.79. The Hall–Kier alpha value is -2.00. The van der Waals surface area contributed by atoms with E-state index in [-0.39, 0.29) is 6.20 Å². The summed E-state index contributed by atoms with van der Waals surface area (Å²) in [4.78, 5) is 22.4. The van der Waals surface area contributed by atoms with Gasteiger partial charge in [-0.25, -0.2) is 9.36 Å². The van der Waals surface area contributed by atoms with Crippen LogP contribution in [-0.2, 0) is 0 Å². The van der Waals surface area contributed by atoms with Gasteiger partial charge in [-0.15, -0.1) is 0 Å². The first-order chi connectivity index (χ1) is 7.64. The highest BCUT2D eigenvalue weighted by molar-refractivity contribution is 5.40. The molecule has 17 heavy (non-hydrogen) atoms. The number of halogens is 6. The van der Waals surface area contributed by atoms with Gasteiger partial charge in [0, 0.05) is 0 Å². The molecule has 0 saturated carbocycles. The predicted molar refractivity (Wildman–Crippen MR) is 42.8 cm³/mol. The molecule has 0 spiro atoms. The van der Waals surface area contributed by atoms with Crippen LogP contribution < -0.4 is 11.2 Å². The fourth-order valence-corrected chi connectivity index (χ4v) is 0.816. The fourth-order valence-electron chi connectivity index (χ4n) is 0.816. The maximum Gasteiger partial charge on any atom is 0.447 e. The molecule has 0 atom stereocenters. The van der Waals surface area contributed by atoms with E-state index in [1.54, 1.807) is 0 Å². The number of alkyl halides is 3. The van der Waals surface area contributed by atoms with Crippen LogP contribution in [0.1, 0.15) is 0 Å². The van der Waals surface area contributed by atoms with Gasteiger partial charge >= 0.3 is 11.9 Å². The zero-order valence-corrected chi connectivity index (χ0v) is 7.61. The molecule has 0 aromatic carbocycles. The number of aromatic nitrogens is 2. The highest BCUT2D eigenvalue weighted by Gasteiger charge is 2.39. The van der Waals surface area contributed by atoms with E-state index in [1.165, 1.54) is 0 Å². The molecule has 1 heterocycles. The Morgan fingerprint density at radius 1 is 1.24 bits per heavy atom. The normalized spacial score (nSPS) is 13.5. The van der Waals surface area contributed by atoms with Crippen molar-refractivity contribution in [2.24, 2.45) is 0 Å². The SMILES string of the molecule is O=c1[nH]c(=O)n(/C(F)=C(/F)C(F)(F)F)cc1F. The Morgan fingerprint density at radius 2 is 1.76 bits per heavy atom. The van der Waals surface area contributed by atoms with Crippen LogP contribution >= 0.6 is 0 Å². The quantitative estimate of drug-likeness (QED) is 0.774. The average Bonchev–Trinajstić information content (AvgIpc) is 2.20. The first-order valence-electron chi connectivity index (χ1n) is 3.79. The highest BCUT2D eigenvalue weighted by Crippen LogP contribution is 2.30. The molecule has 1 aromatic rings. The standard InChI is InChI=1S/C7H2F6N2O2/c8-2-1-15(6(17)14-5(2)16)4(10)3(9)7(11,12)13/h1H,(H,14,16,17)/b4-3+. The lowest BCUT2D eigenvalue weighted by atomic mass is 10.5. The molecule has 0 amide bonds. The Bertz CT molecular complexity index is 581. The van der Waals surface area contributed by atoms with Crippen LogP contribution in [0.5, 0.6) is 0 Å². The van der Waals surface area contributed by atoms with Gasteiger partial charge in [0.25, 0.3) is 11.4 Å². The summed E-state index contributed by atoms with van der Waals surface area (Å²) in [5.74, 6) is -7.63. The molecule has 0 aliphatic heterocycles. The second kappa shape index (κ2) is 4.11. The smallest absolute Gasteiger partial charge is 0.271 e. The highest BCUT2D eigenvalue weighted by atomic mass is 19.4. The number of aromatic amines is 1. The molecule has 0 bridgehead atoms. The number of nitrogens with one attached hydrogen (secondary N) is 1. The van der Waals surface area contributed by atoms with Crippen molar-refractivity contribution in [2.75, 3.05) is 0 Å². The number of H-pyrrole nitrogens is 1. The molecular weight excluding hydrogens is 258 g/mol. The van der Waals surface area contributed by atoms with E-state index in [4.69, 9.17) is 0 Å². The van der Waals surface area contributed by atoms with E-state index < -0.39 is 39.6 Å². The number of rotatable bonds is 1. The van der Waals surface area contributed by atoms with Gasteiger partial charge in [0.15, 0.2) is 0 Å². The van der Waals surface area contributed by atoms with Crippen molar-refractivity contribution in [3.63, 3.8) is 0 Å². The molecule has 10 heteroatoms. The summed E-state index contributed by atoms with van der Waals surface area (Å²) < 4.78 is 72.4. The van der Waals surface area contributed by atoms with E-state index >= 15 is 0 Å². The van der Waals surface area contributed by atoms with Crippen LogP contribution in [0.25, 0.3) is 5.95 Å². The summed E-state index contributed by atoms with van der Waals surface area (Å²) >= 11 is 0. The van der Waals surface area contributed by atoms with Gasteiger partial charge < -0.3 is 0 Å². The van der Waals surface area contributed by atoms with Crippen molar-refractivity contribution in [3.8, 4) is 0 Å². The first kappa shape index (κ1) is 13.1. The third-order valence-electron chi connectivity index (χ3n) is 1.54. The third-order valence-corrected chi connectivity index (χ3v) is 1.54. The van der Waals surface area contributed by atoms with Crippen LogP contribution in [-0.4, -0.2) is 15.7 Å². The van der Waals surface area contributed by atoms with Gasteiger partial charge in [-0.2, -0.15) is 26.3 Å². The second-order valence-electron chi connectivity index (χ2n) is 2.71. The van der Waals surface area contributed by atoms with Gasteiger partial charge in [-0.1, -0.05) is 0 Å². The van der Waals surface area contributed by atoms with Crippen LogP contribution in [0.3, 0.4) is 0 Å². The molecule has 0 radical (unpaired) electrons. The van der Waals surface area contributed by atoms with E-state index in [9.17, 15) is 35.9 Å². The zero-order chi connectivity index (χ0) is 13.4. The van der Waals surface area contributed by atoms with Gasteiger partial charge in [0.2, 0.25) is 11.8 Å². The summed E-state index contributed by atoms with van der Waals surface area (Å²) in [6.07, 6.45) is -5.86.